The van der Waals surface area contributed by atoms with Crippen LogP contribution < -0.4 is 11.5 Å². The highest BCUT2D eigenvalue weighted by atomic mass is 35.5. The van der Waals surface area contributed by atoms with Crippen molar-refractivity contribution < 1.29 is 8.42 Å². The molecule has 1 aromatic carbocycles. The SMILES string of the molecule is N#CB1CC2(C1)CC(n1cc(-c3cn(S(=O)(=O)c4ccccc4)c(N)c3/C=C(\N)Cl)cn1)C2. The first-order valence-electron chi connectivity index (χ1n) is 10.6. The molecule has 3 heterocycles. The smallest absolute Gasteiger partial charge is 0.269 e. The van der Waals surface area contributed by atoms with Crippen molar-refractivity contribution >= 4 is 40.2 Å². The summed E-state index contributed by atoms with van der Waals surface area (Å²) in [6.45, 7) is 0.184. The molecule has 0 atom stereocenters. The Labute approximate surface area is 197 Å². The number of hydrogen-bond acceptors (Lipinski definition) is 6. The lowest BCUT2D eigenvalue weighted by atomic mass is 9.23. The van der Waals surface area contributed by atoms with Gasteiger partial charge in [0.1, 0.15) is 5.82 Å². The Balaban J connectivity index is 1.49. The highest BCUT2D eigenvalue weighted by Gasteiger charge is 2.55. The van der Waals surface area contributed by atoms with E-state index in [1.54, 1.807) is 24.4 Å². The maximum Gasteiger partial charge on any atom is 0.269 e. The standard InChI is InChI=1S/C22H22BClN6O2S/c24-20(26)6-18-19(11-30(21(18)27)33(31,32)17-4-2-1-3-5-17)15-9-28-29(10-15)16-7-22(8-16)12-23(13-22)14-25/h1-6,9-11,16H,7-8,12-13,26-27H2/b20-6-. The van der Waals surface area contributed by atoms with Gasteiger partial charge in [-0.1, -0.05) is 42.4 Å². The molecule has 1 aliphatic heterocycles. The lowest BCUT2D eigenvalue weighted by Crippen LogP contribution is -2.50. The van der Waals surface area contributed by atoms with E-state index in [2.05, 4.69) is 11.1 Å². The van der Waals surface area contributed by atoms with E-state index in [-0.39, 0.29) is 34.0 Å². The first-order chi connectivity index (χ1) is 15.7. The van der Waals surface area contributed by atoms with Crippen LogP contribution in [0.4, 0.5) is 5.82 Å². The van der Waals surface area contributed by atoms with Gasteiger partial charge in [-0.15, -0.1) is 0 Å². The van der Waals surface area contributed by atoms with Gasteiger partial charge in [0.25, 0.3) is 16.7 Å². The summed E-state index contributed by atoms with van der Waals surface area (Å²) in [6.07, 6.45) is 10.5. The first kappa shape index (κ1) is 21.7. The Morgan fingerprint density at radius 3 is 2.61 bits per heavy atom. The van der Waals surface area contributed by atoms with Crippen LogP contribution in [0, 0.1) is 16.6 Å². The molecule has 2 aromatic heterocycles. The molecule has 1 saturated carbocycles. The number of aromatic nitrogens is 3. The largest absolute Gasteiger partial charge is 0.389 e. The monoisotopic (exact) mass is 480 g/mol. The second-order valence-electron chi connectivity index (χ2n) is 8.99. The van der Waals surface area contributed by atoms with Crippen LogP contribution in [-0.2, 0) is 10.0 Å². The summed E-state index contributed by atoms with van der Waals surface area (Å²) in [7, 11) is -3.91. The molecular weight excluding hydrogens is 459 g/mol. The van der Waals surface area contributed by atoms with Gasteiger partial charge in [0.05, 0.1) is 22.3 Å². The number of nitriles is 1. The summed E-state index contributed by atoms with van der Waals surface area (Å²) in [5, 5.41) is 13.6. The lowest BCUT2D eigenvalue weighted by molar-refractivity contribution is 0.0756. The minimum Gasteiger partial charge on any atom is -0.389 e. The number of hydrogen-bond donors (Lipinski definition) is 2. The summed E-state index contributed by atoms with van der Waals surface area (Å²) < 4.78 is 29.4. The normalized spacial score (nSPS) is 18.1. The molecule has 8 nitrogen and oxygen atoms in total. The molecule has 1 saturated heterocycles. The van der Waals surface area contributed by atoms with Crippen LogP contribution in [0.15, 0.2) is 59.0 Å². The topological polar surface area (TPSA) is 133 Å². The van der Waals surface area contributed by atoms with E-state index in [0.29, 0.717) is 11.1 Å². The van der Waals surface area contributed by atoms with E-state index < -0.39 is 10.0 Å². The zero-order valence-corrected chi connectivity index (χ0v) is 19.3. The third-order valence-electron chi connectivity index (χ3n) is 6.80. The summed E-state index contributed by atoms with van der Waals surface area (Å²) in [5.74, 6) is 2.36. The highest BCUT2D eigenvalue weighted by Crippen LogP contribution is 2.61. The summed E-state index contributed by atoms with van der Waals surface area (Å²) in [4.78, 5) is 0.124. The average Bonchev–Trinajstić information content (AvgIpc) is 3.32. The molecule has 168 valence electrons. The summed E-state index contributed by atoms with van der Waals surface area (Å²) in [6, 6.07) is 8.35. The number of nitrogens with two attached hydrogens (primary N) is 2. The molecule has 5 rings (SSSR count). The van der Waals surface area contributed by atoms with Crippen LogP contribution in [0.5, 0.6) is 0 Å². The Hall–Kier alpha value is -3.16. The van der Waals surface area contributed by atoms with Gasteiger partial charge < -0.3 is 11.5 Å². The quantitative estimate of drug-likeness (QED) is 0.424. The van der Waals surface area contributed by atoms with Crippen molar-refractivity contribution in [3.63, 3.8) is 0 Å². The second kappa shape index (κ2) is 7.71. The van der Waals surface area contributed by atoms with E-state index >= 15 is 0 Å². The van der Waals surface area contributed by atoms with Gasteiger partial charge in [-0.2, -0.15) is 5.10 Å². The molecular formula is C22H22BClN6O2S. The van der Waals surface area contributed by atoms with Crippen molar-refractivity contribution in [2.45, 2.75) is 36.4 Å². The number of nitrogen functional groups attached to an aromatic ring is 1. The molecule has 0 unspecified atom stereocenters. The summed E-state index contributed by atoms with van der Waals surface area (Å²) in [5.41, 5.74) is 14.0. The molecule has 2 aliphatic rings. The van der Waals surface area contributed by atoms with Crippen LogP contribution in [0.3, 0.4) is 0 Å². The Morgan fingerprint density at radius 1 is 1.27 bits per heavy atom. The van der Waals surface area contributed by atoms with Gasteiger partial charge in [-0.25, -0.2) is 17.7 Å². The van der Waals surface area contributed by atoms with Gasteiger partial charge >= 0.3 is 0 Å². The van der Waals surface area contributed by atoms with Gasteiger partial charge in [0.15, 0.2) is 0 Å². The van der Waals surface area contributed by atoms with E-state index in [1.807, 2.05) is 10.9 Å². The van der Waals surface area contributed by atoms with Crippen molar-refractivity contribution in [2.75, 3.05) is 5.73 Å². The molecule has 4 N–H and O–H groups in total. The number of anilines is 1. The molecule has 1 spiro atoms. The fourth-order valence-electron chi connectivity index (χ4n) is 5.15. The predicted octanol–water partition coefficient (Wildman–Crippen LogP) is 3.56. The third-order valence-corrected chi connectivity index (χ3v) is 8.59. The van der Waals surface area contributed by atoms with Crippen LogP contribution in [-0.4, -0.2) is 28.9 Å². The van der Waals surface area contributed by atoms with Crippen molar-refractivity contribution in [1.29, 1.82) is 5.26 Å². The molecule has 0 radical (unpaired) electrons. The van der Waals surface area contributed by atoms with E-state index in [4.69, 9.17) is 28.3 Å². The molecule has 1 aliphatic carbocycles. The van der Waals surface area contributed by atoms with Crippen LogP contribution in [0.1, 0.15) is 24.4 Å². The Morgan fingerprint density at radius 2 is 1.97 bits per heavy atom. The fraction of sp³-hybridized carbons (Fsp3) is 0.273. The maximum atomic E-state index is 13.2. The molecule has 0 bridgehead atoms. The fourth-order valence-corrected chi connectivity index (χ4v) is 6.59. The summed E-state index contributed by atoms with van der Waals surface area (Å²) >= 11 is 5.93. The van der Waals surface area contributed by atoms with Crippen LogP contribution in [0.2, 0.25) is 12.6 Å². The van der Waals surface area contributed by atoms with Gasteiger partial charge in [0.2, 0.25) is 0 Å². The molecule has 0 amide bonds. The predicted molar refractivity (Wildman–Crippen MR) is 129 cm³/mol. The number of nitrogens with zero attached hydrogens (tertiary/aromatic N) is 4. The van der Waals surface area contributed by atoms with Crippen molar-refractivity contribution in [3.05, 3.63) is 59.6 Å². The third kappa shape index (κ3) is 3.61. The van der Waals surface area contributed by atoms with E-state index in [1.165, 1.54) is 24.4 Å². The van der Waals surface area contributed by atoms with Crippen molar-refractivity contribution in [1.82, 2.24) is 13.8 Å². The second-order valence-corrected chi connectivity index (χ2v) is 11.2. The van der Waals surface area contributed by atoms with Gasteiger partial charge in [0, 0.05) is 35.1 Å². The zero-order chi connectivity index (χ0) is 23.4. The minimum absolute atomic E-state index is 0.0110. The van der Waals surface area contributed by atoms with Crippen molar-refractivity contribution in [2.24, 2.45) is 11.1 Å². The highest BCUT2D eigenvalue weighted by molar-refractivity contribution is 7.90. The van der Waals surface area contributed by atoms with Crippen LogP contribution >= 0.6 is 11.6 Å². The van der Waals surface area contributed by atoms with Crippen LogP contribution in [0.25, 0.3) is 17.2 Å². The number of rotatable bonds is 5. The maximum absolute atomic E-state index is 13.2. The Bertz CT molecular complexity index is 1390. The minimum atomic E-state index is -3.91. The molecule has 33 heavy (non-hydrogen) atoms. The first-order valence-corrected chi connectivity index (χ1v) is 12.4. The van der Waals surface area contributed by atoms with Gasteiger partial charge in [-0.3, -0.25) is 4.68 Å². The van der Waals surface area contributed by atoms with Crippen molar-refractivity contribution in [3.8, 4) is 17.1 Å². The van der Waals surface area contributed by atoms with E-state index in [0.717, 1.165) is 35.0 Å². The van der Waals surface area contributed by atoms with E-state index in [9.17, 15) is 8.42 Å². The number of benzene rings is 1. The number of halogens is 1. The molecule has 11 heteroatoms. The lowest BCUT2D eigenvalue weighted by Gasteiger charge is -2.55. The molecule has 3 aromatic rings. The Kier molecular flexibility index (Phi) is 5.07. The molecule has 2 fully saturated rings. The average molecular weight is 481 g/mol. The van der Waals surface area contributed by atoms with Gasteiger partial charge in [-0.05, 0) is 36.5 Å². The zero-order valence-electron chi connectivity index (χ0n) is 17.7.